The Morgan fingerprint density at radius 2 is 1.78 bits per heavy atom. The molecule has 2 aromatic carbocycles. The fourth-order valence-electron chi connectivity index (χ4n) is 1.82. The Balaban J connectivity index is 1.80. The topological polar surface area (TPSA) is 46.2 Å². The molecule has 0 saturated heterocycles. The van der Waals surface area contributed by atoms with Gasteiger partial charge in [-0.2, -0.15) is 0 Å². The molecule has 0 aliphatic heterocycles. The first-order valence-corrected chi connectivity index (χ1v) is 9.49. The number of aryl methyl sites for hydroxylation is 1. The van der Waals surface area contributed by atoms with Crippen molar-refractivity contribution in [2.24, 2.45) is 0 Å². The minimum Gasteiger partial charge on any atom is -0.211 e. The molecule has 7 heteroatoms. The van der Waals surface area contributed by atoms with E-state index < -0.39 is 15.8 Å². The molecule has 3 nitrogen and oxygen atoms in total. The molecular weight excluding hydrogens is 340 g/mol. The Morgan fingerprint density at radius 3 is 2.43 bits per heavy atom. The van der Waals surface area contributed by atoms with Crippen LogP contribution in [-0.2, 0) is 10.0 Å². The molecule has 0 saturated carbocycles. The number of benzene rings is 2. The van der Waals surface area contributed by atoms with Crippen LogP contribution < -0.4 is 4.72 Å². The summed E-state index contributed by atoms with van der Waals surface area (Å²) in [7, 11) is -3.70. The molecule has 0 atom stereocenters. The number of sulfonamides is 1. The van der Waals surface area contributed by atoms with Crippen molar-refractivity contribution >= 4 is 21.8 Å². The molecule has 0 fully saturated rings. The molecule has 0 amide bonds. The van der Waals surface area contributed by atoms with Gasteiger partial charge in [0.05, 0.1) is 4.90 Å². The van der Waals surface area contributed by atoms with E-state index in [9.17, 15) is 17.2 Å². The largest absolute Gasteiger partial charge is 0.240 e. The van der Waals surface area contributed by atoms with Crippen molar-refractivity contribution in [1.82, 2.24) is 4.72 Å². The molecule has 2 aromatic rings. The van der Waals surface area contributed by atoms with Crippen LogP contribution in [0.3, 0.4) is 0 Å². The normalized spacial score (nSPS) is 11.6. The lowest BCUT2D eigenvalue weighted by Crippen LogP contribution is -2.25. The zero-order valence-electron chi connectivity index (χ0n) is 12.6. The summed E-state index contributed by atoms with van der Waals surface area (Å²) in [5.74, 6) is -0.136. The first-order valence-electron chi connectivity index (χ1n) is 7.03. The molecule has 0 aliphatic rings. The average molecular weight is 357 g/mol. The van der Waals surface area contributed by atoms with Crippen molar-refractivity contribution in [3.05, 3.63) is 59.7 Å². The summed E-state index contributed by atoms with van der Waals surface area (Å²) in [4.78, 5) is 0.849. The van der Waals surface area contributed by atoms with E-state index in [-0.39, 0.29) is 17.3 Å². The lowest BCUT2D eigenvalue weighted by atomic mass is 10.2. The van der Waals surface area contributed by atoms with Gasteiger partial charge in [-0.25, -0.2) is 21.9 Å². The van der Waals surface area contributed by atoms with E-state index in [1.165, 1.54) is 36.0 Å². The Labute approximate surface area is 139 Å². The second-order valence-corrected chi connectivity index (χ2v) is 7.90. The molecule has 0 aromatic heterocycles. The van der Waals surface area contributed by atoms with Crippen molar-refractivity contribution in [1.29, 1.82) is 0 Å². The molecule has 0 spiro atoms. The zero-order chi connectivity index (χ0) is 16.9. The van der Waals surface area contributed by atoms with E-state index >= 15 is 0 Å². The predicted molar refractivity (Wildman–Crippen MR) is 88.1 cm³/mol. The van der Waals surface area contributed by atoms with E-state index in [4.69, 9.17) is 0 Å². The monoisotopic (exact) mass is 357 g/mol. The molecule has 2 rings (SSSR count). The molecule has 23 heavy (non-hydrogen) atoms. The van der Waals surface area contributed by atoms with Gasteiger partial charge in [0.2, 0.25) is 10.0 Å². The Bertz CT molecular complexity index is 762. The van der Waals surface area contributed by atoms with Gasteiger partial charge < -0.3 is 0 Å². The molecule has 0 aliphatic carbocycles. The van der Waals surface area contributed by atoms with Crippen LogP contribution in [0.15, 0.2) is 52.3 Å². The van der Waals surface area contributed by atoms with Crippen molar-refractivity contribution in [3.63, 3.8) is 0 Å². The number of nitrogens with one attached hydrogen (secondary N) is 1. The van der Waals surface area contributed by atoms with Crippen LogP contribution in [0.25, 0.3) is 0 Å². The first kappa shape index (κ1) is 17.9. The van der Waals surface area contributed by atoms with Crippen LogP contribution >= 0.6 is 11.8 Å². The second kappa shape index (κ2) is 7.90. The number of thioether (sulfide) groups is 1. The lowest BCUT2D eigenvalue weighted by molar-refractivity contribution is 0.576. The second-order valence-electron chi connectivity index (χ2n) is 4.96. The van der Waals surface area contributed by atoms with Crippen LogP contribution in [0, 0.1) is 18.6 Å². The van der Waals surface area contributed by atoms with Crippen LogP contribution in [0.4, 0.5) is 8.78 Å². The van der Waals surface area contributed by atoms with E-state index in [2.05, 4.69) is 4.72 Å². The van der Waals surface area contributed by atoms with Gasteiger partial charge in [0.25, 0.3) is 0 Å². The Hall–Kier alpha value is -1.44. The third kappa shape index (κ3) is 5.30. The highest BCUT2D eigenvalue weighted by molar-refractivity contribution is 7.99. The third-order valence-electron chi connectivity index (χ3n) is 3.15. The fraction of sp³-hybridized carbons (Fsp3) is 0.250. The van der Waals surface area contributed by atoms with E-state index in [1.54, 1.807) is 19.1 Å². The fourth-order valence-corrected chi connectivity index (χ4v) is 3.76. The summed E-state index contributed by atoms with van der Waals surface area (Å²) >= 11 is 1.52. The smallest absolute Gasteiger partial charge is 0.211 e. The quantitative estimate of drug-likeness (QED) is 0.607. The van der Waals surface area contributed by atoms with Gasteiger partial charge >= 0.3 is 0 Å². The van der Waals surface area contributed by atoms with Gasteiger partial charge in [0.1, 0.15) is 11.6 Å². The van der Waals surface area contributed by atoms with Gasteiger partial charge in [0, 0.05) is 11.4 Å². The highest BCUT2D eigenvalue weighted by Crippen LogP contribution is 2.19. The lowest BCUT2D eigenvalue weighted by Gasteiger charge is -2.07. The SMILES string of the molecule is Cc1ccc(S(=O)(=O)NCCCSc2ccc(F)cc2)cc1F. The number of halogens is 2. The summed E-state index contributed by atoms with van der Waals surface area (Å²) in [5, 5.41) is 0. The minimum absolute atomic E-state index is 0.0770. The highest BCUT2D eigenvalue weighted by Gasteiger charge is 2.14. The first-order chi connectivity index (χ1) is 10.9. The third-order valence-corrected chi connectivity index (χ3v) is 5.71. The van der Waals surface area contributed by atoms with Crippen LogP contribution in [0.2, 0.25) is 0 Å². The van der Waals surface area contributed by atoms with Gasteiger partial charge in [-0.3, -0.25) is 0 Å². The molecule has 0 heterocycles. The number of hydrogen-bond donors (Lipinski definition) is 1. The standard InChI is InChI=1S/C16H17F2NO2S2/c1-12-3-8-15(11-16(12)18)23(20,21)19-9-2-10-22-14-6-4-13(17)5-7-14/h3-8,11,19H,2,9-10H2,1H3. The molecule has 124 valence electrons. The summed E-state index contributed by atoms with van der Waals surface area (Å²) in [6.07, 6.45) is 0.607. The summed E-state index contributed by atoms with van der Waals surface area (Å²) in [6.45, 7) is 1.83. The minimum atomic E-state index is -3.70. The van der Waals surface area contributed by atoms with Gasteiger partial charge in [-0.05, 0) is 61.1 Å². The summed E-state index contributed by atoms with van der Waals surface area (Å²) in [5.41, 5.74) is 0.402. The number of hydrogen-bond acceptors (Lipinski definition) is 3. The maximum atomic E-state index is 13.4. The molecule has 0 unspecified atom stereocenters. The predicted octanol–water partition coefficient (Wildman–Crippen LogP) is 3.73. The van der Waals surface area contributed by atoms with Crippen molar-refractivity contribution in [2.45, 2.75) is 23.1 Å². The number of rotatable bonds is 7. The van der Waals surface area contributed by atoms with Gasteiger partial charge in [0.15, 0.2) is 0 Å². The highest BCUT2D eigenvalue weighted by atomic mass is 32.2. The Kier molecular flexibility index (Phi) is 6.15. The van der Waals surface area contributed by atoms with Crippen molar-refractivity contribution in [2.75, 3.05) is 12.3 Å². The van der Waals surface area contributed by atoms with Crippen molar-refractivity contribution in [3.8, 4) is 0 Å². The molecular formula is C16H17F2NO2S2. The molecule has 0 radical (unpaired) electrons. The molecule has 1 N–H and O–H groups in total. The van der Waals surface area contributed by atoms with Gasteiger partial charge in [-0.1, -0.05) is 6.07 Å². The summed E-state index contributed by atoms with van der Waals surface area (Å²) in [6, 6.07) is 9.97. The van der Waals surface area contributed by atoms with Crippen molar-refractivity contribution < 1.29 is 17.2 Å². The van der Waals surface area contributed by atoms with Crippen LogP contribution in [0.5, 0.6) is 0 Å². The average Bonchev–Trinajstić information content (AvgIpc) is 2.51. The van der Waals surface area contributed by atoms with E-state index in [0.717, 1.165) is 11.0 Å². The van der Waals surface area contributed by atoms with E-state index in [0.29, 0.717) is 17.7 Å². The van der Waals surface area contributed by atoms with Crippen LogP contribution in [0.1, 0.15) is 12.0 Å². The van der Waals surface area contributed by atoms with Gasteiger partial charge in [-0.15, -0.1) is 11.8 Å². The maximum Gasteiger partial charge on any atom is 0.240 e. The van der Waals surface area contributed by atoms with Crippen LogP contribution in [-0.4, -0.2) is 20.7 Å². The molecule has 0 bridgehead atoms. The Morgan fingerprint density at radius 1 is 1.09 bits per heavy atom. The van der Waals surface area contributed by atoms with E-state index in [1.807, 2.05) is 0 Å². The zero-order valence-corrected chi connectivity index (χ0v) is 14.2. The summed E-state index contributed by atoms with van der Waals surface area (Å²) < 4.78 is 52.7. The maximum absolute atomic E-state index is 13.4.